The molecule has 0 amide bonds. The Kier molecular flexibility index (Phi) is 4.65. The van der Waals surface area contributed by atoms with Crippen molar-refractivity contribution < 1.29 is 29.0 Å². The highest BCUT2D eigenvalue weighted by molar-refractivity contribution is 9.12. The normalized spacial score (nSPS) is 49.0. The SMILES string of the molecule is C[C@]12C=C(Br)C(=O)C=C1[C@H](F)C[C@H]1[C@@H]3CC[C@](O)(C(=O)CO)[C@@]3(C)CC(=O)[C@@]12Cl. The van der Waals surface area contributed by atoms with Gasteiger partial charge in [-0.3, -0.25) is 14.4 Å². The van der Waals surface area contributed by atoms with Crippen LogP contribution in [0.15, 0.2) is 22.2 Å². The van der Waals surface area contributed by atoms with Crippen molar-refractivity contribution in [3.63, 3.8) is 0 Å². The molecule has 2 N–H and O–H groups in total. The molecular weight excluding hydrogens is 467 g/mol. The van der Waals surface area contributed by atoms with Crippen molar-refractivity contribution in [3.05, 3.63) is 22.2 Å². The van der Waals surface area contributed by atoms with Crippen LogP contribution in [0.1, 0.15) is 39.5 Å². The van der Waals surface area contributed by atoms with Crippen molar-refractivity contribution in [2.75, 3.05) is 6.61 Å². The second-order valence-corrected chi connectivity index (χ2v) is 10.7. The number of fused-ring (bicyclic) bond motifs is 5. The summed E-state index contributed by atoms with van der Waals surface area (Å²) in [5, 5.41) is 20.5. The summed E-state index contributed by atoms with van der Waals surface area (Å²) in [4.78, 5) is 36.6. The van der Waals surface area contributed by atoms with Gasteiger partial charge in [-0.1, -0.05) is 13.0 Å². The Morgan fingerprint density at radius 1 is 1.34 bits per heavy atom. The van der Waals surface area contributed by atoms with Crippen molar-refractivity contribution in [1.29, 1.82) is 0 Å². The Morgan fingerprint density at radius 3 is 2.62 bits per heavy atom. The maximum Gasteiger partial charge on any atom is 0.192 e. The summed E-state index contributed by atoms with van der Waals surface area (Å²) in [7, 11) is 0. The Balaban J connectivity index is 1.87. The van der Waals surface area contributed by atoms with E-state index in [4.69, 9.17) is 11.6 Å². The molecule has 0 spiro atoms. The van der Waals surface area contributed by atoms with Crippen LogP contribution in [0.3, 0.4) is 0 Å². The highest BCUT2D eigenvalue weighted by atomic mass is 79.9. The summed E-state index contributed by atoms with van der Waals surface area (Å²) in [6.07, 6.45) is 1.59. The van der Waals surface area contributed by atoms with Gasteiger partial charge in [0.25, 0.3) is 0 Å². The lowest BCUT2D eigenvalue weighted by Crippen LogP contribution is -2.68. The minimum Gasteiger partial charge on any atom is -0.388 e. The zero-order valence-corrected chi connectivity index (χ0v) is 18.5. The molecule has 3 saturated carbocycles. The topological polar surface area (TPSA) is 91.7 Å². The molecule has 0 heterocycles. The van der Waals surface area contributed by atoms with E-state index in [1.54, 1.807) is 13.8 Å². The van der Waals surface area contributed by atoms with Crippen LogP contribution >= 0.6 is 27.5 Å². The quantitative estimate of drug-likeness (QED) is 0.582. The summed E-state index contributed by atoms with van der Waals surface area (Å²) < 4.78 is 15.6. The zero-order chi connectivity index (χ0) is 21.6. The van der Waals surface area contributed by atoms with Gasteiger partial charge in [0.05, 0.1) is 4.48 Å². The first-order valence-corrected chi connectivity index (χ1v) is 10.9. The van der Waals surface area contributed by atoms with E-state index in [2.05, 4.69) is 15.9 Å². The van der Waals surface area contributed by atoms with Crippen LogP contribution in [0.25, 0.3) is 0 Å². The molecule has 5 nitrogen and oxygen atoms in total. The maximum absolute atomic E-state index is 15.3. The number of carbonyl (C=O) groups excluding carboxylic acids is 3. The minimum absolute atomic E-state index is 0.0565. The standard InChI is InChI=1S/C21H23BrClFO5/c1-18-8-16(27)21(23)11(10(18)3-4-20(18,29)17(28)9-25)5-14(24)12-6-15(26)13(22)7-19(12,21)2/h6-7,10-11,14,25,29H,3-5,8-9H2,1-2H3/t10-,11-,14+,18-,19-,20-,21-/m0/s1. The van der Waals surface area contributed by atoms with Gasteiger partial charge < -0.3 is 10.2 Å². The molecule has 158 valence electrons. The zero-order valence-electron chi connectivity index (χ0n) is 16.2. The van der Waals surface area contributed by atoms with E-state index >= 15 is 4.39 Å². The number of Topliss-reactive ketones (excluding diaryl/α,β-unsaturated/α-hetero) is 2. The lowest BCUT2D eigenvalue weighted by atomic mass is 9.46. The molecule has 4 aliphatic rings. The minimum atomic E-state index is -1.85. The van der Waals surface area contributed by atoms with Gasteiger partial charge in [-0.25, -0.2) is 4.39 Å². The van der Waals surface area contributed by atoms with Gasteiger partial charge in [-0.15, -0.1) is 11.6 Å². The second kappa shape index (κ2) is 6.31. The second-order valence-electron chi connectivity index (χ2n) is 9.28. The third-order valence-electron chi connectivity index (χ3n) is 8.21. The fourth-order valence-electron chi connectivity index (χ4n) is 6.58. The fraction of sp³-hybridized carbons (Fsp3) is 0.667. The average molecular weight is 490 g/mol. The van der Waals surface area contributed by atoms with E-state index < -0.39 is 45.8 Å². The number of ketones is 3. The number of alkyl halides is 2. The molecule has 0 saturated heterocycles. The van der Waals surface area contributed by atoms with E-state index in [0.717, 1.165) is 0 Å². The third-order valence-corrected chi connectivity index (χ3v) is 9.71. The van der Waals surface area contributed by atoms with Crippen LogP contribution in [-0.2, 0) is 14.4 Å². The van der Waals surface area contributed by atoms with Crippen molar-refractivity contribution in [2.24, 2.45) is 22.7 Å². The van der Waals surface area contributed by atoms with Gasteiger partial charge in [-0.2, -0.15) is 0 Å². The monoisotopic (exact) mass is 488 g/mol. The van der Waals surface area contributed by atoms with Crippen molar-refractivity contribution in [3.8, 4) is 0 Å². The molecule has 0 radical (unpaired) electrons. The molecule has 7 atom stereocenters. The molecular formula is C21H23BrClFO5. The van der Waals surface area contributed by atoms with E-state index in [1.807, 2.05) is 0 Å². The first-order valence-electron chi connectivity index (χ1n) is 9.74. The smallest absolute Gasteiger partial charge is 0.192 e. The molecule has 0 aromatic carbocycles. The van der Waals surface area contributed by atoms with Crippen molar-refractivity contribution >= 4 is 44.9 Å². The van der Waals surface area contributed by atoms with Gasteiger partial charge in [0.15, 0.2) is 17.3 Å². The number of hydrogen-bond donors (Lipinski definition) is 2. The van der Waals surface area contributed by atoms with Gasteiger partial charge in [0.2, 0.25) is 0 Å². The van der Waals surface area contributed by atoms with Crippen LogP contribution in [0.5, 0.6) is 0 Å². The largest absolute Gasteiger partial charge is 0.388 e. The van der Waals surface area contributed by atoms with E-state index in [0.29, 0.717) is 6.42 Å². The number of aliphatic hydroxyl groups is 2. The van der Waals surface area contributed by atoms with E-state index in [-0.39, 0.29) is 46.8 Å². The highest BCUT2D eigenvalue weighted by Crippen LogP contribution is 2.69. The van der Waals surface area contributed by atoms with Crippen LogP contribution in [-0.4, -0.2) is 50.8 Å². The van der Waals surface area contributed by atoms with Crippen molar-refractivity contribution in [1.82, 2.24) is 0 Å². The predicted molar refractivity (Wildman–Crippen MR) is 107 cm³/mol. The maximum atomic E-state index is 15.3. The Hall–Kier alpha value is -0.890. The Bertz CT molecular complexity index is 902. The molecule has 4 aliphatic carbocycles. The number of halogens is 3. The molecule has 4 rings (SSSR count). The molecule has 0 aromatic rings. The third kappa shape index (κ3) is 2.36. The molecule has 0 bridgehead atoms. The van der Waals surface area contributed by atoms with E-state index in [9.17, 15) is 24.6 Å². The Labute approximate surface area is 181 Å². The number of rotatable bonds is 2. The van der Waals surface area contributed by atoms with Crippen molar-refractivity contribution in [2.45, 2.75) is 56.2 Å². The first-order chi connectivity index (χ1) is 13.4. The van der Waals surface area contributed by atoms with Gasteiger partial charge in [-0.05, 0) is 65.6 Å². The van der Waals surface area contributed by atoms with Crippen LogP contribution in [0, 0.1) is 22.7 Å². The lowest BCUT2D eigenvalue weighted by Gasteiger charge is -2.61. The summed E-state index contributed by atoms with van der Waals surface area (Å²) in [6.45, 7) is 2.53. The first kappa shape index (κ1) is 21.3. The number of aliphatic hydroxyl groups excluding tert-OH is 1. The Morgan fingerprint density at radius 2 is 2.00 bits per heavy atom. The summed E-state index contributed by atoms with van der Waals surface area (Å²) in [6, 6.07) is 0. The molecule has 29 heavy (non-hydrogen) atoms. The number of carbonyl (C=O) groups is 3. The average Bonchev–Trinajstić information content (AvgIpc) is 2.91. The molecule has 8 heteroatoms. The molecule has 0 aliphatic heterocycles. The molecule has 0 aromatic heterocycles. The van der Waals surface area contributed by atoms with E-state index in [1.165, 1.54) is 12.2 Å². The predicted octanol–water partition coefficient (Wildman–Crippen LogP) is 2.80. The van der Waals surface area contributed by atoms with Gasteiger partial charge >= 0.3 is 0 Å². The van der Waals surface area contributed by atoms with Gasteiger partial charge in [0, 0.05) is 17.3 Å². The summed E-state index contributed by atoms with van der Waals surface area (Å²) in [5.74, 6) is -2.46. The van der Waals surface area contributed by atoms with Crippen LogP contribution in [0.2, 0.25) is 0 Å². The van der Waals surface area contributed by atoms with Gasteiger partial charge in [0.1, 0.15) is 23.3 Å². The number of allylic oxidation sites excluding steroid dienone is 4. The summed E-state index contributed by atoms with van der Waals surface area (Å²) >= 11 is 10.3. The fourth-order valence-corrected chi connectivity index (χ4v) is 7.63. The molecule has 3 fully saturated rings. The number of hydrogen-bond acceptors (Lipinski definition) is 5. The van der Waals surface area contributed by atoms with Crippen LogP contribution < -0.4 is 0 Å². The lowest BCUT2D eigenvalue weighted by molar-refractivity contribution is -0.167. The molecule has 0 unspecified atom stereocenters. The highest BCUT2D eigenvalue weighted by Gasteiger charge is 2.74. The summed E-state index contributed by atoms with van der Waals surface area (Å²) in [5.41, 5.74) is -3.98. The van der Waals surface area contributed by atoms with Crippen LogP contribution in [0.4, 0.5) is 4.39 Å².